The van der Waals surface area contributed by atoms with Crippen LogP contribution in [0.3, 0.4) is 0 Å². The Labute approximate surface area is 212 Å². The van der Waals surface area contributed by atoms with Crippen molar-refractivity contribution in [2.24, 2.45) is 0 Å². The van der Waals surface area contributed by atoms with E-state index < -0.39 is 12.1 Å². The monoisotopic (exact) mass is 489 g/mol. The number of aryl methyl sites for hydroxylation is 2. The van der Waals surface area contributed by atoms with E-state index in [1.807, 2.05) is 37.3 Å². The molecular formula is C30H35NO5. The second-order valence-electron chi connectivity index (χ2n) is 9.80. The highest BCUT2D eigenvalue weighted by atomic mass is 16.5. The SMILES string of the molecule is Cc1ccc(C(C)C)c(OCC(O)CNCC2CCc3cc(-c4ccc(C(=O)O)cc4)ccc3O2)c1. The molecule has 0 spiro atoms. The molecule has 0 fully saturated rings. The van der Waals surface area contributed by atoms with Crippen molar-refractivity contribution < 1.29 is 24.5 Å². The van der Waals surface area contributed by atoms with Gasteiger partial charge in [-0.3, -0.25) is 0 Å². The molecule has 2 unspecified atom stereocenters. The molecule has 0 aromatic heterocycles. The summed E-state index contributed by atoms with van der Waals surface area (Å²) >= 11 is 0. The Balaban J connectivity index is 1.25. The van der Waals surface area contributed by atoms with E-state index in [0.717, 1.165) is 52.2 Å². The van der Waals surface area contributed by atoms with Crippen LogP contribution in [0.1, 0.15) is 53.2 Å². The molecule has 36 heavy (non-hydrogen) atoms. The predicted octanol–water partition coefficient (Wildman–Crippen LogP) is 5.21. The number of fused-ring (bicyclic) bond motifs is 1. The summed E-state index contributed by atoms with van der Waals surface area (Å²) in [6.45, 7) is 7.63. The highest BCUT2D eigenvalue weighted by Gasteiger charge is 2.20. The van der Waals surface area contributed by atoms with Crippen molar-refractivity contribution in [2.75, 3.05) is 19.7 Å². The molecule has 3 N–H and O–H groups in total. The van der Waals surface area contributed by atoms with Crippen molar-refractivity contribution >= 4 is 5.97 Å². The van der Waals surface area contributed by atoms with Crippen LogP contribution in [-0.2, 0) is 6.42 Å². The number of ether oxygens (including phenoxy) is 2. The molecule has 4 rings (SSSR count). The fourth-order valence-electron chi connectivity index (χ4n) is 4.47. The topological polar surface area (TPSA) is 88.0 Å². The number of nitrogens with one attached hydrogen (secondary N) is 1. The summed E-state index contributed by atoms with van der Waals surface area (Å²) < 4.78 is 12.1. The number of carbonyl (C=O) groups is 1. The van der Waals surface area contributed by atoms with E-state index in [1.165, 1.54) is 0 Å². The van der Waals surface area contributed by atoms with Gasteiger partial charge in [0.2, 0.25) is 0 Å². The van der Waals surface area contributed by atoms with Gasteiger partial charge in [-0.25, -0.2) is 4.79 Å². The maximum atomic E-state index is 11.1. The van der Waals surface area contributed by atoms with Gasteiger partial charge in [0, 0.05) is 13.1 Å². The maximum Gasteiger partial charge on any atom is 0.335 e. The lowest BCUT2D eigenvalue weighted by Crippen LogP contribution is -2.39. The summed E-state index contributed by atoms with van der Waals surface area (Å²) in [4.78, 5) is 11.1. The van der Waals surface area contributed by atoms with Gasteiger partial charge in [0.25, 0.3) is 0 Å². The third kappa shape index (κ3) is 6.45. The summed E-state index contributed by atoms with van der Waals surface area (Å²) in [5.74, 6) is 1.15. The Hall–Kier alpha value is -3.35. The van der Waals surface area contributed by atoms with E-state index in [-0.39, 0.29) is 18.3 Å². The van der Waals surface area contributed by atoms with Gasteiger partial charge in [0.15, 0.2) is 0 Å². The lowest BCUT2D eigenvalue weighted by molar-refractivity contribution is 0.0697. The zero-order chi connectivity index (χ0) is 25.7. The zero-order valence-corrected chi connectivity index (χ0v) is 21.2. The Morgan fingerprint density at radius 1 is 1.08 bits per heavy atom. The summed E-state index contributed by atoms with van der Waals surface area (Å²) in [5.41, 5.74) is 5.74. The van der Waals surface area contributed by atoms with E-state index in [0.29, 0.717) is 19.0 Å². The number of hydrogen-bond acceptors (Lipinski definition) is 5. The smallest absolute Gasteiger partial charge is 0.335 e. The first-order valence-electron chi connectivity index (χ1n) is 12.6. The van der Waals surface area contributed by atoms with Crippen molar-refractivity contribution in [2.45, 2.75) is 51.7 Å². The van der Waals surface area contributed by atoms with Crippen molar-refractivity contribution in [1.29, 1.82) is 0 Å². The van der Waals surface area contributed by atoms with Crippen molar-refractivity contribution in [3.8, 4) is 22.6 Å². The molecule has 1 aliphatic rings. The lowest BCUT2D eigenvalue weighted by Gasteiger charge is -2.27. The molecule has 0 saturated carbocycles. The minimum atomic E-state index is -0.924. The summed E-state index contributed by atoms with van der Waals surface area (Å²) in [5, 5.41) is 22.8. The number of benzene rings is 3. The second kappa shape index (κ2) is 11.6. The number of carboxylic acids is 1. The molecule has 0 radical (unpaired) electrons. The maximum absolute atomic E-state index is 11.1. The van der Waals surface area contributed by atoms with Crippen LogP contribution < -0.4 is 14.8 Å². The molecule has 1 aliphatic heterocycles. The highest BCUT2D eigenvalue weighted by molar-refractivity contribution is 5.88. The van der Waals surface area contributed by atoms with Gasteiger partial charge in [0.1, 0.15) is 30.3 Å². The lowest BCUT2D eigenvalue weighted by atomic mass is 9.96. The molecule has 3 aromatic rings. The molecule has 1 heterocycles. The van der Waals surface area contributed by atoms with Gasteiger partial charge < -0.3 is 25.0 Å². The number of aliphatic hydroxyl groups is 1. The molecule has 0 saturated heterocycles. The molecule has 6 nitrogen and oxygen atoms in total. The highest BCUT2D eigenvalue weighted by Crippen LogP contribution is 2.32. The van der Waals surface area contributed by atoms with E-state index >= 15 is 0 Å². The molecule has 0 bridgehead atoms. The van der Waals surface area contributed by atoms with E-state index in [1.54, 1.807) is 12.1 Å². The first-order chi connectivity index (χ1) is 17.3. The van der Waals surface area contributed by atoms with Gasteiger partial charge in [-0.2, -0.15) is 0 Å². The van der Waals surface area contributed by atoms with Crippen LogP contribution in [0, 0.1) is 6.92 Å². The van der Waals surface area contributed by atoms with Crippen LogP contribution in [0.15, 0.2) is 60.7 Å². The number of rotatable bonds is 10. The Morgan fingerprint density at radius 2 is 1.83 bits per heavy atom. The zero-order valence-electron chi connectivity index (χ0n) is 21.2. The van der Waals surface area contributed by atoms with Crippen molar-refractivity contribution in [3.63, 3.8) is 0 Å². The average molecular weight is 490 g/mol. The third-order valence-electron chi connectivity index (χ3n) is 6.53. The van der Waals surface area contributed by atoms with Crippen LogP contribution in [0.4, 0.5) is 0 Å². The molecule has 0 aliphatic carbocycles. The Bertz CT molecular complexity index is 1190. The normalized spacial score (nSPS) is 15.8. The molecule has 190 valence electrons. The van der Waals surface area contributed by atoms with Gasteiger partial charge in [0.05, 0.1) is 5.56 Å². The number of carboxylic acid groups (broad SMARTS) is 1. The van der Waals surface area contributed by atoms with Crippen LogP contribution in [0.5, 0.6) is 11.5 Å². The minimum absolute atomic E-state index is 0.0376. The fourth-order valence-corrected chi connectivity index (χ4v) is 4.47. The van der Waals surface area contributed by atoms with Crippen LogP contribution in [0.25, 0.3) is 11.1 Å². The van der Waals surface area contributed by atoms with Crippen LogP contribution in [0.2, 0.25) is 0 Å². The van der Waals surface area contributed by atoms with Crippen LogP contribution >= 0.6 is 0 Å². The Kier molecular flexibility index (Phi) is 8.28. The van der Waals surface area contributed by atoms with E-state index in [4.69, 9.17) is 14.6 Å². The molecular weight excluding hydrogens is 454 g/mol. The third-order valence-corrected chi connectivity index (χ3v) is 6.53. The van der Waals surface area contributed by atoms with Crippen molar-refractivity contribution in [3.05, 3.63) is 82.9 Å². The minimum Gasteiger partial charge on any atom is -0.491 e. The summed E-state index contributed by atoms with van der Waals surface area (Å²) in [6, 6.07) is 19.2. The largest absolute Gasteiger partial charge is 0.491 e. The second-order valence-corrected chi connectivity index (χ2v) is 9.80. The molecule has 3 aromatic carbocycles. The van der Waals surface area contributed by atoms with Crippen molar-refractivity contribution in [1.82, 2.24) is 5.32 Å². The Morgan fingerprint density at radius 3 is 2.56 bits per heavy atom. The average Bonchev–Trinajstić information content (AvgIpc) is 2.87. The van der Waals surface area contributed by atoms with Gasteiger partial charge >= 0.3 is 5.97 Å². The number of hydrogen-bond donors (Lipinski definition) is 3. The van der Waals surface area contributed by atoms with Gasteiger partial charge in [-0.1, -0.05) is 44.2 Å². The summed E-state index contributed by atoms with van der Waals surface area (Å²) in [7, 11) is 0. The standard InChI is InChI=1S/C30H35NO5/c1-19(2)27-12-4-20(3)14-29(27)35-18-25(32)16-31-17-26-11-9-24-15-23(10-13-28(24)36-26)21-5-7-22(8-6-21)30(33)34/h4-8,10,12-15,19,25-26,31-32H,9,11,16-18H2,1-3H3,(H,33,34). The van der Waals surface area contributed by atoms with Gasteiger partial charge in [-0.15, -0.1) is 0 Å². The quantitative estimate of drug-likeness (QED) is 0.363. The number of aliphatic hydroxyl groups excluding tert-OH is 1. The molecule has 6 heteroatoms. The molecule has 0 amide bonds. The molecule has 2 atom stereocenters. The van der Waals surface area contributed by atoms with E-state index in [9.17, 15) is 9.90 Å². The first-order valence-corrected chi connectivity index (χ1v) is 12.6. The van der Waals surface area contributed by atoms with E-state index in [2.05, 4.69) is 37.4 Å². The predicted molar refractivity (Wildman–Crippen MR) is 141 cm³/mol. The first kappa shape index (κ1) is 25.7. The number of aromatic carboxylic acids is 1. The summed E-state index contributed by atoms with van der Waals surface area (Å²) in [6.07, 6.45) is 1.21. The van der Waals surface area contributed by atoms with Crippen LogP contribution in [-0.4, -0.2) is 48.1 Å². The fraction of sp³-hybridized carbons (Fsp3) is 0.367. The van der Waals surface area contributed by atoms with Gasteiger partial charge in [-0.05, 0) is 83.8 Å².